The third-order valence-electron chi connectivity index (χ3n) is 4.86. The van der Waals surface area contributed by atoms with Crippen LogP contribution in [0.3, 0.4) is 0 Å². The molecule has 3 rings (SSSR count). The molecule has 2 aliphatic rings. The molecule has 21 heavy (non-hydrogen) atoms. The highest BCUT2D eigenvalue weighted by atomic mass is 16.2. The monoisotopic (exact) mass is 286 g/mol. The number of fused-ring (bicyclic) bond motifs is 1. The van der Waals surface area contributed by atoms with Crippen molar-refractivity contribution in [2.75, 3.05) is 13.1 Å². The van der Waals surface area contributed by atoms with Crippen molar-refractivity contribution in [3.8, 4) is 0 Å². The van der Waals surface area contributed by atoms with Gasteiger partial charge in [0.25, 0.3) is 0 Å². The van der Waals surface area contributed by atoms with Gasteiger partial charge in [0, 0.05) is 19.1 Å². The van der Waals surface area contributed by atoms with E-state index in [9.17, 15) is 4.79 Å². The Kier molecular flexibility index (Phi) is 4.59. The van der Waals surface area contributed by atoms with Gasteiger partial charge in [-0.15, -0.1) is 0 Å². The van der Waals surface area contributed by atoms with Crippen molar-refractivity contribution in [2.24, 2.45) is 0 Å². The third-order valence-corrected chi connectivity index (χ3v) is 4.86. The Balaban J connectivity index is 1.70. The lowest BCUT2D eigenvalue weighted by Gasteiger charge is -2.26. The van der Waals surface area contributed by atoms with Crippen LogP contribution < -0.4 is 5.32 Å². The molecular formula is C18H26N2O. The second kappa shape index (κ2) is 6.61. The summed E-state index contributed by atoms with van der Waals surface area (Å²) in [6, 6.07) is 8.95. The Morgan fingerprint density at radius 1 is 1.19 bits per heavy atom. The van der Waals surface area contributed by atoms with Crippen molar-refractivity contribution in [3.63, 3.8) is 0 Å². The van der Waals surface area contributed by atoms with E-state index in [-0.39, 0.29) is 11.9 Å². The number of likely N-dealkylation sites (tertiary alicyclic amines) is 1. The van der Waals surface area contributed by atoms with E-state index in [1.54, 1.807) is 0 Å². The summed E-state index contributed by atoms with van der Waals surface area (Å²) in [5.41, 5.74) is 2.85. The smallest absolute Gasteiger partial charge is 0.239 e. The molecule has 1 aliphatic carbocycles. The topological polar surface area (TPSA) is 32.3 Å². The first kappa shape index (κ1) is 14.6. The molecule has 1 amide bonds. The Hall–Kier alpha value is -1.35. The molecule has 3 heteroatoms. The van der Waals surface area contributed by atoms with Gasteiger partial charge < -0.3 is 4.90 Å². The number of aryl methyl sites for hydroxylation is 1. The van der Waals surface area contributed by atoms with Crippen molar-refractivity contribution in [2.45, 2.75) is 57.5 Å². The van der Waals surface area contributed by atoms with Gasteiger partial charge in [0.1, 0.15) is 0 Å². The predicted molar refractivity (Wildman–Crippen MR) is 85.1 cm³/mol. The van der Waals surface area contributed by atoms with Gasteiger partial charge in [-0.3, -0.25) is 10.1 Å². The SMILES string of the molecule is CC(NC1CCCCc2ccccc21)C(=O)N1CCCC1. The lowest BCUT2D eigenvalue weighted by atomic mass is 9.98. The summed E-state index contributed by atoms with van der Waals surface area (Å²) < 4.78 is 0. The molecule has 1 aliphatic heterocycles. The summed E-state index contributed by atoms with van der Waals surface area (Å²) in [7, 11) is 0. The zero-order valence-electron chi connectivity index (χ0n) is 13.0. The van der Waals surface area contributed by atoms with Gasteiger partial charge in [-0.25, -0.2) is 0 Å². The van der Waals surface area contributed by atoms with Gasteiger partial charge in [-0.2, -0.15) is 0 Å². The van der Waals surface area contributed by atoms with Crippen LogP contribution in [0, 0.1) is 0 Å². The van der Waals surface area contributed by atoms with Crippen LogP contribution in [0.5, 0.6) is 0 Å². The van der Waals surface area contributed by atoms with E-state index in [1.807, 2.05) is 11.8 Å². The fourth-order valence-corrected chi connectivity index (χ4v) is 3.68. The maximum atomic E-state index is 12.5. The first-order valence-corrected chi connectivity index (χ1v) is 8.38. The molecule has 1 aromatic rings. The fourth-order valence-electron chi connectivity index (χ4n) is 3.68. The Bertz CT molecular complexity index is 494. The molecule has 2 atom stereocenters. The molecule has 1 aromatic carbocycles. The minimum atomic E-state index is -0.0840. The second-order valence-corrected chi connectivity index (χ2v) is 6.42. The van der Waals surface area contributed by atoms with Crippen molar-refractivity contribution < 1.29 is 4.79 Å². The van der Waals surface area contributed by atoms with Crippen molar-refractivity contribution in [1.82, 2.24) is 10.2 Å². The molecule has 0 saturated carbocycles. The summed E-state index contributed by atoms with van der Waals surface area (Å²) in [6.07, 6.45) is 7.10. The van der Waals surface area contributed by atoms with Gasteiger partial charge in [0.2, 0.25) is 5.91 Å². The molecule has 0 radical (unpaired) electrons. The molecule has 3 nitrogen and oxygen atoms in total. The van der Waals surface area contributed by atoms with Crippen LogP contribution in [0.4, 0.5) is 0 Å². The molecule has 1 saturated heterocycles. The van der Waals surface area contributed by atoms with E-state index in [0.717, 1.165) is 32.4 Å². The average Bonchev–Trinajstić information content (AvgIpc) is 2.97. The number of carbonyl (C=O) groups is 1. The predicted octanol–water partition coefficient (Wildman–Crippen LogP) is 3.05. The molecule has 0 bridgehead atoms. The number of rotatable bonds is 3. The highest BCUT2D eigenvalue weighted by Gasteiger charge is 2.26. The first-order valence-electron chi connectivity index (χ1n) is 8.38. The quantitative estimate of drug-likeness (QED) is 0.866. The fraction of sp³-hybridized carbons (Fsp3) is 0.611. The normalized spacial score (nSPS) is 23.5. The Labute approximate surface area is 127 Å². The highest BCUT2D eigenvalue weighted by Crippen LogP contribution is 2.29. The number of benzene rings is 1. The molecule has 2 unspecified atom stereocenters. The molecular weight excluding hydrogens is 260 g/mol. The van der Waals surface area contributed by atoms with Crippen molar-refractivity contribution >= 4 is 5.91 Å². The second-order valence-electron chi connectivity index (χ2n) is 6.42. The van der Waals surface area contributed by atoms with Crippen LogP contribution >= 0.6 is 0 Å². The van der Waals surface area contributed by atoms with Crippen LogP contribution in [0.15, 0.2) is 24.3 Å². The minimum Gasteiger partial charge on any atom is -0.341 e. The molecule has 0 spiro atoms. The van der Waals surface area contributed by atoms with E-state index >= 15 is 0 Å². The molecule has 1 heterocycles. The Morgan fingerprint density at radius 3 is 2.76 bits per heavy atom. The van der Waals surface area contributed by atoms with E-state index < -0.39 is 0 Å². The first-order chi connectivity index (χ1) is 10.3. The largest absolute Gasteiger partial charge is 0.341 e. The number of hydrogen-bond acceptors (Lipinski definition) is 2. The minimum absolute atomic E-state index is 0.0840. The van der Waals surface area contributed by atoms with E-state index in [0.29, 0.717) is 6.04 Å². The van der Waals surface area contributed by atoms with Crippen LogP contribution in [0.2, 0.25) is 0 Å². The zero-order valence-corrected chi connectivity index (χ0v) is 13.0. The zero-order chi connectivity index (χ0) is 14.7. The number of nitrogens with one attached hydrogen (secondary N) is 1. The summed E-state index contributed by atoms with van der Waals surface area (Å²) in [4.78, 5) is 14.5. The number of hydrogen-bond donors (Lipinski definition) is 1. The standard InChI is InChI=1S/C18H26N2O/c1-14(18(21)20-12-6-7-13-20)19-17-11-5-3-9-15-8-2-4-10-16(15)17/h2,4,8,10,14,17,19H,3,5-7,9,11-13H2,1H3. The number of nitrogens with zero attached hydrogens (tertiary/aromatic N) is 1. The third kappa shape index (κ3) is 3.29. The molecule has 114 valence electrons. The van der Waals surface area contributed by atoms with E-state index in [4.69, 9.17) is 0 Å². The molecule has 1 fully saturated rings. The van der Waals surface area contributed by atoms with Crippen LogP contribution in [-0.4, -0.2) is 29.9 Å². The molecule has 1 N–H and O–H groups in total. The summed E-state index contributed by atoms with van der Waals surface area (Å²) in [5, 5.41) is 3.60. The van der Waals surface area contributed by atoms with Gasteiger partial charge in [0.15, 0.2) is 0 Å². The summed E-state index contributed by atoms with van der Waals surface area (Å²) in [6.45, 7) is 3.90. The van der Waals surface area contributed by atoms with Crippen LogP contribution in [-0.2, 0) is 11.2 Å². The number of carbonyl (C=O) groups excluding carboxylic acids is 1. The van der Waals surface area contributed by atoms with Crippen LogP contribution in [0.1, 0.15) is 56.2 Å². The van der Waals surface area contributed by atoms with Gasteiger partial charge in [0.05, 0.1) is 6.04 Å². The van der Waals surface area contributed by atoms with Crippen molar-refractivity contribution in [3.05, 3.63) is 35.4 Å². The van der Waals surface area contributed by atoms with Crippen LogP contribution in [0.25, 0.3) is 0 Å². The van der Waals surface area contributed by atoms with Crippen molar-refractivity contribution in [1.29, 1.82) is 0 Å². The highest BCUT2D eigenvalue weighted by molar-refractivity contribution is 5.81. The average molecular weight is 286 g/mol. The summed E-state index contributed by atoms with van der Waals surface area (Å²) in [5.74, 6) is 0.272. The Morgan fingerprint density at radius 2 is 1.95 bits per heavy atom. The van der Waals surface area contributed by atoms with Gasteiger partial charge in [-0.05, 0) is 50.2 Å². The lowest BCUT2D eigenvalue weighted by molar-refractivity contribution is -0.132. The maximum Gasteiger partial charge on any atom is 0.239 e. The number of amides is 1. The maximum absolute atomic E-state index is 12.5. The van der Waals surface area contributed by atoms with E-state index in [2.05, 4.69) is 29.6 Å². The van der Waals surface area contributed by atoms with Gasteiger partial charge in [-0.1, -0.05) is 30.7 Å². The van der Waals surface area contributed by atoms with Gasteiger partial charge >= 0.3 is 0 Å². The lowest BCUT2D eigenvalue weighted by Crippen LogP contribution is -2.45. The van der Waals surface area contributed by atoms with E-state index in [1.165, 1.54) is 30.4 Å². The summed E-state index contributed by atoms with van der Waals surface area (Å²) >= 11 is 0. The molecule has 0 aromatic heterocycles.